The monoisotopic (exact) mass is 423 g/mol. The van der Waals surface area contributed by atoms with Crippen molar-refractivity contribution in [2.45, 2.75) is 32.4 Å². The fourth-order valence-electron chi connectivity index (χ4n) is 3.13. The SMILES string of the molecule is CC(NC(=O)NCc1cccc(N2CCCC2=O)c1)c1cc(F)c(Cl)cc1Cl. The molecule has 28 heavy (non-hydrogen) atoms. The van der Waals surface area contributed by atoms with Gasteiger partial charge >= 0.3 is 6.03 Å². The zero-order valence-corrected chi connectivity index (χ0v) is 16.8. The first-order valence-electron chi connectivity index (χ1n) is 8.93. The summed E-state index contributed by atoms with van der Waals surface area (Å²) in [5.74, 6) is -0.479. The highest BCUT2D eigenvalue weighted by Crippen LogP contribution is 2.28. The summed E-state index contributed by atoms with van der Waals surface area (Å²) >= 11 is 11.8. The van der Waals surface area contributed by atoms with Crippen LogP contribution in [0.2, 0.25) is 10.0 Å². The van der Waals surface area contributed by atoms with Crippen LogP contribution in [-0.4, -0.2) is 18.5 Å². The molecule has 3 amide bonds. The molecule has 0 aromatic heterocycles. The number of hydrogen-bond donors (Lipinski definition) is 2. The van der Waals surface area contributed by atoms with Crippen molar-refractivity contribution in [3.63, 3.8) is 0 Å². The minimum Gasteiger partial charge on any atom is -0.334 e. The lowest BCUT2D eigenvalue weighted by Gasteiger charge is -2.18. The molecule has 0 saturated carbocycles. The predicted octanol–water partition coefficient (Wildman–Crippen LogP) is 4.82. The lowest BCUT2D eigenvalue weighted by molar-refractivity contribution is -0.117. The Morgan fingerprint density at radius 1 is 1.25 bits per heavy atom. The maximum Gasteiger partial charge on any atom is 0.315 e. The number of anilines is 1. The van der Waals surface area contributed by atoms with Crippen molar-refractivity contribution in [2.24, 2.45) is 0 Å². The normalized spacial score (nSPS) is 14.9. The van der Waals surface area contributed by atoms with Crippen LogP contribution in [0.25, 0.3) is 0 Å². The molecule has 1 fully saturated rings. The third kappa shape index (κ3) is 4.75. The van der Waals surface area contributed by atoms with Gasteiger partial charge in [-0.2, -0.15) is 0 Å². The summed E-state index contributed by atoms with van der Waals surface area (Å²) in [5, 5.41) is 5.69. The van der Waals surface area contributed by atoms with E-state index in [-0.39, 0.29) is 22.5 Å². The van der Waals surface area contributed by atoms with E-state index in [1.165, 1.54) is 12.1 Å². The highest BCUT2D eigenvalue weighted by Gasteiger charge is 2.21. The van der Waals surface area contributed by atoms with E-state index < -0.39 is 17.9 Å². The molecule has 0 aliphatic carbocycles. The minimum atomic E-state index is -0.594. The summed E-state index contributed by atoms with van der Waals surface area (Å²) in [5.41, 5.74) is 2.14. The van der Waals surface area contributed by atoms with E-state index in [2.05, 4.69) is 10.6 Å². The van der Waals surface area contributed by atoms with E-state index in [4.69, 9.17) is 23.2 Å². The number of nitrogens with zero attached hydrogens (tertiary/aromatic N) is 1. The van der Waals surface area contributed by atoms with Crippen molar-refractivity contribution in [3.8, 4) is 0 Å². The molecule has 1 unspecified atom stereocenters. The Labute approximate surface area is 172 Å². The van der Waals surface area contributed by atoms with Crippen LogP contribution in [0.15, 0.2) is 36.4 Å². The second-order valence-electron chi connectivity index (χ2n) is 6.66. The molecule has 5 nitrogen and oxygen atoms in total. The number of hydrogen-bond acceptors (Lipinski definition) is 2. The fraction of sp³-hybridized carbons (Fsp3) is 0.300. The lowest BCUT2D eigenvalue weighted by atomic mass is 10.1. The highest BCUT2D eigenvalue weighted by molar-refractivity contribution is 6.35. The molecule has 2 aromatic rings. The first kappa shape index (κ1) is 20.4. The molecule has 2 aromatic carbocycles. The van der Waals surface area contributed by atoms with Crippen LogP contribution in [-0.2, 0) is 11.3 Å². The number of nitrogens with one attached hydrogen (secondary N) is 2. The maximum atomic E-state index is 13.7. The zero-order valence-electron chi connectivity index (χ0n) is 15.3. The van der Waals surface area contributed by atoms with Crippen LogP contribution in [0.1, 0.15) is 36.9 Å². The number of carbonyl (C=O) groups excluding carboxylic acids is 2. The molecule has 8 heteroatoms. The van der Waals surface area contributed by atoms with E-state index in [1.807, 2.05) is 24.3 Å². The van der Waals surface area contributed by atoms with Crippen LogP contribution in [0.4, 0.5) is 14.9 Å². The van der Waals surface area contributed by atoms with E-state index in [1.54, 1.807) is 11.8 Å². The van der Waals surface area contributed by atoms with Gasteiger partial charge in [0.1, 0.15) is 5.82 Å². The fourth-order valence-corrected chi connectivity index (χ4v) is 3.68. The zero-order chi connectivity index (χ0) is 20.3. The van der Waals surface area contributed by atoms with Crippen molar-refractivity contribution in [1.82, 2.24) is 10.6 Å². The second-order valence-corrected chi connectivity index (χ2v) is 7.47. The van der Waals surface area contributed by atoms with E-state index in [0.717, 1.165) is 17.7 Å². The molecule has 0 bridgehead atoms. The summed E-state index contributed by atoms with van der Waals surface area (Å²) in [6.45, 7) is 2.71. The Morgan fingerprint density at radius 3 is 2.75 bits per heavy atom. The van der Waals surface area contributed by atoms with Gasteiger partial charge in [-0.25, -0.2) is 9.18 Å². The van der Waals surface area contributed by atoms with E-state index in [9.17, 15) is 14.0 Å². The standard InChI is InChI=1S/C20H20Cl2FN3O2/c1-12(15-9-18(23)17(22)10-16(15)21)25-20(28)24-11-13-4-2-5-14(8-13)26-7-3-6-19(26)27/h2,4-5,8-10,12H,3,6-7,11H2,1H3,(H2,24,25,28). The van der Waals surface area contributed by atoms with Crippen LogP contribution in [0.5, 0.6) is 0 Å². The predicted molar refractivity (Wildman–Crippen MR) is 108 cm³/mol. The Bertz CT molecular complexity index is 907. The molecular weight excluding hydrogens is 404 g/mol. The summed E-state index contributed by atoms with van der Waals surface area (Å²) in [7, 11) is 0. The molecule has 1 heterocycles. The highest BCUT2D eigenvalue weighted by atomic mass is 35.5. The minimum absolute atomic E-state index is 0.0678. The van der Waals surface area contributed by atoms with Crippen molar-refractivity contribution < 1.29 is 14.0 Å². The lowest BCUT2D eigenvalue weighted by Crippen LogP contribution is -2.36. The first-order chi connectivity index (χ1) is 13.3. The molecule has 1 aliphatic heterocycles. The maximum absolute atomic E-state index is 13.7. The largest absolute Gasteiger partial charge is 0.334 e. The summed E-state index contributed by atoms with van der Waals surface area (Å²) in [6, 6.07) is 9.11. The Morgan fingerprint density at radius 2 is 2.04 bits per heavy atom. The third-order valence-corrected chi connectivity index (χ3v) is 5.22. The molecule has 1 aliphatic rings. The van der Waals surface area contributed by atoms with Gasteiger partial charge in [-0.15, -0.1) is 0 Å². The Balaban J connectivity index is 1.59. The second kappa shape index (κ2) is 8.80. The van der Waals surface area contributed by atoms with E-state index >= 15 is 0 Å². The van der Waals surface area contributed by atoms with Crippen LogP contribution in [0, 0.1) is 5.82 Å². The van der Waals surface area contributed by atoms with Gasteiger partial charge in [0.15, 0.2) is 0 Å². The van der Waals surface area contributed by atoms with Gasteiger partial charge in [-0.3, -0.25) is 4.79 Å². The van der Waals surface area contributed by atoms with Crippen LogP contribution < -0.4 is 15.5 Å². The van der Waals surface area contributed by atoms with Gasteiger partial charge in [0.05, 0.1) is 11.1 Å². The molecule has 0 radical (unpaired) electrons. The quantitative estimate of drug-likeness (QED) is 0.677. The summed E-state index contributed by atoms with van der Waals surface area (Å²) in [6.07, 6.45) is 1.42. The van der Waals surface area contributed by atoms with Crippen molar-refractivity contribution >= 4 is 40.8 Å². The number of urea groups is 1. The van der Waals surface area contributed by atoms with Crippen LogP contribution in [0.3, 0.4) is 0 Å². The molecular formula is C20H20Cl2FN3O2. The molecule has 2 N–H and O–H groups in total. The number of benzene rings is 2. The number of rotatable bonds is 5. The molecule has 1 saturated heterocycles. The van der Waals surface area contributed by atoms with Gasteiger partial charge in [-0.1, -0.05) is 35.3 Å². The van der Waals surface area contributed by atoms with Crippen molar-refractivity contribution in [3.05, 3.63) is 63.4 Å². The summed E-state index contributed by atoms with van der Waals surface area (Å²) in [4.78, 5) is 25.8. The average Bonchev–Trinajstić information content (AvgIpc) is 3.09. The van der Waals surface area contributed by atoms with Crippen molar-refractivity contribution in [1.29, 1.82) is 0 Å². The van der Waals surface area contributed by atoms with Crippen molar-refractivity contribution in [2.75, 3.05) is 11.4 Å². The smallest absolute Gasteiger partial charge is 0.315 e. The molecule has 0 spiro atoms. The topological polar surface area (TPSA) is 61.4 Å². The van der Waals surface area contributed by atoms with Gasteiger partial charge in [-0.05, 0) is 48.7 Å². The van der Waals surface area contributed by atoms with E-state index in [0.29, 0.717) is 18.5 Å². The number of carbonyl (C=O) groups is 2. The van der Waals surface area contributed by atoms with Gasteiger partial charge < -0.3 is 15.5 Å². The van der Waals surface area contributed by atoms with Crippen LogP contribution >= 0.6 is 23.2 Å². The van der Waals surface area contributed by atoms with Gasteiger partial charge in [0, 0.05) is 30.2 Å². The van der Waals surface area contributed by atoms with Gasteiger partial charge in [0.25, 0.3) is 0 Å². The number of amides is 3. The average molecular weight is 424 g/mol. The molecule has 1 atom stereocenters. The van der Waals surface area contributed by atoms with Gasteiger partial charge in [0.2, 0.25) is 5.91 Å². The Hall–Kier alpha value is -2.31. The summed E-state index contributed by atoms with van der Waals surface area (Å²) < 4.78 is 13.7. The molecule has 148 valence electrons. The molecule has 3 rings (SSSR count). The first-order valence-corrected chi connectivity index (χ1v) is 9.69. The number of halogens is 3. The third-order valence-electron chi connectivity index (χ3n) is 4.60. The Kier molecular flexibility index (Phi) is 6.42.